The molecule has 0 saturated carbocycles. The zero-order chi connectivity index (χ0) is 13.7. The van der Waals surface area contributed by atoms with Crippen molar-refractivity contribution >= 4 is 32.6 Å². The Kier molecular flexibility index (Phi) is 2.12. The molecule has 0 aliphatic carbocycles. The minimum atomic E-state index is 0.189. The van der Waals surface area contributed by atoms with Gasteiger partial charge in [-0.25, -0.2) is 4.98 Å². The minimum Gasteiger partial charge on any atom is -0.508 e. The molecule has 0 spiro atoms. The molecule has 0 saturated heterocycles. The Balaban J connectivity index is 2.25. The average molecular weight is 261 g/mol. The molecule has 2 N–H and O–H groups in total. The molecule has 0 atom stereocenters. The highest BCUT2D eigenvalue weighted by Gasteiger charge is 2.08. The normalized spacial score (nSPS) is 11.4. The lowest BCUT2D eigenvalue weighted by atomic mass is 10.0. The summed E-state index contributed by atoms with van der Waals surface area (Å²) >= 11 is 0. The highest BCUT2D eigenvalue weighted by Crippen LogP contribution is 2.33. The van der Waals surface area contributed by atoms with Crippen LogP contribution in [0.2, 0.25) is 0 Å². The van der Waals surface area contributed by atoms with E-state index in [1.165, 1.54) is 0 Å². The lowest BCUT2D eigenvalue weighted by Crippen LogP contribution is -1.85. The molecule has 0 radical (unpaired) electrons. The molecule has 0 aliphatic rings. The number of phenolic OH excluding ortho intramolecular Hbond substituents is 2. The maximum absolute atomic E-state index is 10.1. The summed E-state index contributed by atoms with van der Waals surface area (Å²) in [6.07, 6.45) is 0. The smallest absolute Gasteiger partial charge is 0.125 e. The van der Waals surface area contributed by atoms with E-state index in [0.717, 1.165) is 27.1 Å². The number of nitrogens with zero attached hydrogens (tertiary/aromatic N) is 1. The fraction of sp³-hybridized carbons (Fsp3) is 0. The van der Waals surface area contributed by atoms with Gasteiger partial charge in [-0.2, -0.15) is 0 Å². The predicted octanol–water partition coefficient (Wildman–Crippen LogP) is 3.95. The predicted molar refractivity (Wildman–Crippen MR) is 80.1 cm³/mol. The number of hydrogen-bond acceptors (Lipinski definition) is 3. The molecule has 0 aliphatic heterocycles. The summed E-state index contributed by atoms with van der Waals surface area (Å²) in [7, 11) is 0. The Hall–Kier alpha value is -2.81. The standard InChI is InChI=1S/C17H11NO2/c19-11-6-5-10-7-14-12-3-1-2-4-13(12)17(20)9-16(14)18-15(10)8-11/h1-9,19-20H. The number of phenols is 2. The molecular formula is C17H11NO2. The van der Waals surface area contributed by atoms with Crippen molar-refractivity contribution in [3.8, 4) is 11.5 Å². The third-order valence-corrected chi connectivity index (χ3v) is 3.60. The number of rotatable bonds is 0. The van der Waals surface area contributed by atoms with E-state index in [0.29, 0.717) is 5.52 Å². The van der Waals surface area contributed by atoms with Gasteiger partial charge in [-0.1, -0.05) is 24.3 Å². The van der Waals surface area contributed by atoms with Gasteiger partial charge in [0.15, 0.2) is 0 Å². The van der Waals surface area contributed by atoms with Gasteiger partial charge in [0.05, 0.1) is 11.0 Å². The Labute approximate surface area is 114 Å². The summed E-state index contributed by atoms with van der Waals surface area (Å²) in [5, 5.41) is 23.4. The van der Waals surface area contributed by atoms with Crippen LogP contribution < -0.4 is 0 Å². The van der Waals surface area contributed by atoms with Crippen LogP contribution in [0.15, 0.2) is 54.6 Å². The average Bonchev–Trinajstić information content (AvgIpc) is 2.46. The maximum Gasteiger partial charge on any atom is 0.125 e. The second-order valence-corrected chi connectivity index (χ2v) is 4.87. The Morgan fingerprint density at radius 3 is 2.35 bits per heavy atom. The lowest BCUT2D eigenvalue weighted by Gasteiger charge is -2.07. The molecule has 96 valence electrons. The Bertz CT molecular complexity index is 977. The van der Waals surface area contributed by atoms with Crippen LogP contribution in [-0.2, 0) is 0 Å². The first-order valence-corrected chi connectivity index (χ1v) is 6.36. The number of fused-ring (bicyclic) bond motifs is 4. The van der Waals surface area contributed by atoms with Gasteiger partial charge in [0, 0.05) is 28.3 Å². The van der Waals surface area contributed by atoms with Gasteiger partial charge in [0.1, 0.15) is 11.5 Å². The molecule has 0 fully saturated rings. The molecule has 4 aromatic rings. The Morgan fingerprint density at radius 1 is 0.700 bits per heavy atom. The first-order chi connectivity index (χ1) is 9.72. The van der Waals surface area contributed by atoms with E-state index in [1.54, 1.807) is 18.2 Å². The third-order valence-electron chi connectivity index (χ3n) is 3.60. The quantitative estimate of drug-likeness (QED) is 0.372. The molecule has 0 bridgehead atoms. The van der Waals surface area contributed by atoms with E-state index in [9.17, 15) is 10.2 Å². The van der Waals surface area contributed by atoms with Crippen LogP contribution in [-0.4, -0.2) is 15.2 Å². The fourth-order valence-electron chi connectivity index (χ4n) is 2.64. The highest BCUT2D eigenvalue weighted by atomic mass is 16.3. The summed E-state index contributed by atoms with van der Waals surface area (Å²) in [6, 6.07) is 16.6. The monoisotopic (exact) mass is 261 g/mol. The fourth-order valence-corrected chi connectivity index (χ4v) is 2.64. The van der Waals surface area contributed by atoms with E-state index in [1.807, 2.05) is 36.4 Å². The van der Waals surface area contributed by atoms with Crippen LogP contribution in [0.3, 0.4) is 0 Å². The molecule has 3 heteroatoms. The topological polar surface area (TPSA) is 53.4 Å². The molecule has 0 amide bonds. The zero-order valence-corrected chi connectivity index (χ0v) is 10.5. The molecule has 3 nitrogen and oxygen atoms in total. The van der Waals surface area contributed by atoms with Gasteiger partial charge in [0.25, 0.3) is 0 Å². The zero-order valence-electron chi connectivity index (χ0n) is 10.5. The van der Waals surface area contributed by atoms with Crippen molar-refractivity contribution in [2.75, 3.05) is 0 Å². The van der Waals surface area contributed by atoms with Crippen molar-refractivity contribution in [1.29, 1.82) is 0 Å². The molecule has 0 unspecified atom stereocenters. The van der Waals surface area contributed by atoms with Gasteiger partial charge in [-0.15, -0.1) is 0 Å². The van der Waals surface area contributed by atoms with E-state index in [2.05, 4.69) is 4.98 Å². The summed E-state index contributed by atoms with van der Waals surface area (Å²) in [5.41, 5.74) is 1.44. The second kappa shape index (κ2) is 3.84. The summed E-state index contributed by atoms with van der Waals surface area (Å²) < 4.78 is 0. The summed E-state index contributed by atoms with van der Waals surface area (Å²) in [5.74, 6) is 0.412. The van der Waals surface area contributed by atoms with E-state index in [4.69, 9.17) is 0 Å². The van der Waals surface area contributed by atoms with Gasteiger partial charge >= 0.3 is 0 Å². The SMILES string of the molecule is Oc1ccc2cc3c(cc(O)c4ccccc43)nc2c1. The van der Waals surface area contributed by atoms with Crippen molar-refractivity contribution in [2.45, 2.75) is 0 Å². The number of pyridine rings is 1. The lowest BCUT2D eigenvalue weighted by molar-refractivity contribution is 0.476. The largest absolute Gasteiger partial charge is 0.508 e. The van der Waals surface area contributed by atoms with Crippen molar-refractivity contribution in [1.82, 2.24) is 4.98 Å². The molecule has 1 heterocycles. The summed E-state index contributed by atoms with van der Waals surface area (Å²) in [6.45, 7) is 0. The number of aromatic nitrogens is 1. The van der Waals surface area contributed by atoms with Crippen LogP contribution in [0.25, 0.3) is 32.6 Å². The third kappa shape index (κ3) is 1.50. The molecule has 4 rings (SSSR count). The van der Waals surface area contributed by atoms with Crippen molar-refractivity contribution < 1.29 is 10.2 Å². The first-order valence-electron chi connectivity index (χ1n) is 6.36. The van der Waals surface area contributed by atoms with Crippen LogP contribution in [0.4, 0.5) is 0 Å². The van der Waals surface area contributed by atoms with E-state index < -0.39 is 0 Å². The molecule has 20 heavy (non-hydrogen) atoms. The van der Waals surface area contributed by atoms with Gasteiger partial charge in [-0.05, 0) is 23.6 Å². The van der Waals surface area contributed by atoms with Crippen molar-refractivity contribution in [3.63, 3.8) is 0 Å². The number of aromatic hydroxyl groups is 2. The number of hydrogen-bond donors (Lipinski definition) is 2. The number of benzene rings is 3. The van der Waals surface area contributed by atoms with Crippen molar-refractivity contribution in [2.24, 2.45) is 0 Å². The second-order valence-electron chi connectivity index (χ2n) is 4.87. The van der Waals surface area contributed by atoms with Crippen LogP contribution in [0.5, 0.6) is 11.5 Å². The van der Waals surface area contributed by atoms with Gasteiger partial charge in [0.2, 0.25) is 0 Å². The highest BCUT2D eigenvalue weighted by molar-refractivity contribution is 6.11. The molecule has 1 aromatic heterocycles. The molecular weight excluding hydrogens is 250 g/mol. The minimum absolute atomic E-state index is 0.189. The van der Waals surface area contributed by atoms with E-state index >= 15 is 0 Å². The van der Waals surface area contributed by atoms with E-state index in [-0.39, 0.29) is 11.5 Å². The first kappa shape index (κ1) is 11.1. The van der Waals surface area contributed by atoms with Crippen LogP contribution >= 0.6 is 0 Å². The molecule has 3 aromatic carbocycles. The summed E-state index contributed by atoms with van der Waals surface area (Å²) in [4.78, 5) is 4.53. The van der Waals surface area contributed by atoms with Gasteiger partial charge in [-0.3, -0.25) is 0 Å². The Morgan fingerprint density at radius 2 is 1.50 bits per heavy atom. The van der Waals surface area contributed by atoms with Gasteiger partial charge < -0.3 is 10.2 Å². The van der Waals surface area contributed by atoms with Crippen LogP contribution in [0, 0.1) is 0 Å². The van der Waals surface area contributed by atoms with Crippen LogP contribution in [0.1, 0.15) is 0 Å². The van der Waals surface area contributed by atoms with Crippen molar-refractivity contribution in [3.05, 3.63) is 54.6 Å². The maximum atomic E-state index is 10.1.